The molecule has 0 bridgehead atoms. The van der Waals surface area contributed by atoms with Crippen LogP contribution in [0.2, 0.25) is 0 Å². The Morgan fingerprint density at radius 3 is 2.42 bits per heavy atom. The number of nitro benzene ring substituents is 1. The van der Waals surface area contributed by atoms with Crippen molar-refractivity contribution in [3.8, 4) is 5.75 Å². The summed E-state index contributed by atoms with van der Waals surface area (Å²) in [5.74, 6) is -2.67. The average molecular weight is 434 g/mol. The highest BCUT2D eigenvalue weighted by Gasteiger charge is 2.25. The smallest absolute Gasteiger partial charge is 0.296 e. The number of nitrogens with zero attached hydrogens (tertiary/aromatic N) is 3. The number of piperazine rings is 1. The number of nitrogens with one attached hydrogen (secondary N) is 1. The van der Waals surface area contributed by atoms with Crippen molar-refractivity contribution >= 4 is 23.2 Å². The maximum Gasteiger partial charge on any atom is 0.296 e. The minimum absolute atomic E-state index is 0.0175. The van der Waals surface area contributed by atoms with E-state index in [1.165, 1.54) is 36.3 Å². The van der Waals surface area contributed by atoms with Crippen molar-refractivity contribution in [1.82, 2.24) is 9.80 Å². The Bertz CT molecular complexity index is 1010. The van der Waals surface area contributed by atoms with E-state index in [0.717, 1.165) is 12.1 Å². The second kappa shape index (κ2) is 9.47. The second-order valence-electron chi connectivity index (χ2n) is 6.89. The molecule has 1 fully saturated rings. The standard InChI is InChI=1S/C20H20F2N4O5/c1-31-14-3-5-17(18(11-14)26(29)30)23-19(27)12-24-6-8-25(9-7-24)20(28)13-2-4-15(21)16(22)10-13/h2-5,10-11H,6-9,12H2,1H3,(H,23,27). The monoisotopic (exact) mass is 434 g/mol. The maximum absolute atomic E-state index is 13.4. The highest BCUT2D eigenvalue weighted by atomic mass is 19.2. The average Bonchev–Trinajstić information content (AvgIpc) is 2.75. The first kappa shape index (κ1) is 22.1. The van der Waals surface area contributed by atoms with Crippen LogP contribution in [0.5, 0.6) is 5.75 Å². The number of hydrogen-bond acceptors (Lipinski definition) is 6. The summed E-state index contributed by atoms with van der Waals surface area (Å²) in [6, 6.07) is 7.11. The molecule has 3 rings (SSSR count). The van der Waals surface area contributed by atoms with Crippen LogP contribution in [-0.4, -0.2) is 66.4 Å². The first-order chi connectivity index (χ1) is 14.8. The fourth-order valence-corrected chi connectivity index (χ4v) is 3.21. The Kier molecular flexibility index (Phi) is 6.75. The lowest BCUT2D eigenvalue weighted by atomic mass is 10.1. The van der Waals surface area contributed by atoms with Crippen LogP contribution in [0, 0.1) is 21.7 Å². The highest BCUT2D eigenvalue weighted by Crippen LogP contribution is 2.28. The number of carbonyl (C=O) groups is 2. The predicted molar refractivity (Wildman–Crippen MR) is 107 cm³/mol. The third kappa shape index (κ3) is 5.31. The van der Waals surface area contributed by atoms with Crippen molar-refractivity contribution in [2.75, 3.05) is 45.2 Å². The third-order valence-electron chi connectivity index (χ3n) is 4.87. The highest BCUT2D eigenvalue weighted by molar-refractivity contribution is 5.95. The number of halogens is 2. The van der Waals surface area contributed by atoms with Gasteiger partial charge in [0.1, 0.15) is 11.4 Å². The van der Waals surface area contributed by atoms with E-state index in [2.05, 4.69) is 5.32 Å². The largest absolute Gasteiger partial charge is 0.496 e. The minimum atomic E-state index is -1.09. The van der Waals surface area contributed by atoms with Crippen LogP contribution >= 0.6 is 0 Å². The fourth-order valence-electron chi connectivity index (χ4n) is 3.21. The molecule has 1 heterocycles. The van der Waals surface area contributed by atoms with E-state index < -0.39 is 28.4 Å². The zero-order valence-electron chi connectivity index (χ0n) is 16.6. The lowest BCUT2D eigenvalue weighted by molar-refractivity contribution is -0.384. The SMILES string of the molecule is COc1ccc(NC(=O)CN2CCN(C(=O)c3ccc(F)c(F)c3)CC2)c([N+](=O)[O-])c1. The topological polar surface area (TPSA) is 105 Å². The first-order valence-corrected chi connectivity index (χ1v) is 9.37. The van der Waals surface area contributed by atoms with Gasteiger partial charge in [0.15, 0.2) is 11.6 Å². The Labute approximate surface area is 176 Å². The van der Waals surface area contributed by atoms with Crippen molar-refractivity contribution in [1.29, 1.82) is 0 Å². The molecule has 1 N–H and O–H groups in total. The maximum atomic E-state index is 13.4. The van der Waals surface area contributed by atoms with Crippen LogP contribution in [0.3, 0.4) is 0 Å². The van der Waals surface area contributed by atoms with Crippen LogP contribution < -0.4 is 10.1 Å². The molecular formula is C20H20F2N4O5. The number of amides is 2. The Hall–Kier alpha value is -3.60. The molecule has 0 aliphatic carbocycles. The molecule has 2 aromatic rings. The van der Waals surface area contributed by atoms with Gasteiger partial charge in [-0.1, -0.05) is 0 Å². The zero-order chi connectivity index (χ0) is 22.5. The zero-order valence-corrected chi connectivity index (χ0v) is 16.6. The molecular weight excluding hydrogens is 414 g/mol. The number of benzene rings is 2. The molecule has 1 aliphatic heterocycles. The number of rotatable bonds is 6. The van der Waals surface area contributed by atoms with Gasteiger partial charge in [-0.3, -0.25) is 24.6 Å². The molecule has 0 saturated carbocycles. The summed E-state index contributed by atoms with van der Waals surface area (Å²) in [7, 11) is 1.38. The molecule has 0 radical (unpaired) electrons. The molecule has 0 atom stereocenters. The van der Waals surface area contributed by atoms with Crippen molar-refractivity contribution in [2.24, 2.45) is 0 Å². The van der Waals surface area contributed by atoms with Crippen LogP contribution in [0.15, 0.2) is 36.4 Å². The summed E-state index contributed by atoms with van der Waals surface area (Å²) < 4.78 is 31.4. The van der Waals surface area contributed by atoms with Crippen LogP contribution in [0.25, 0.3) is 0 Å². The van der Waals surface area contributed by atoms with Crippen LogP contribution in [-0.2, 0) is 4.79 Å². The van der Waals surface area contributed by atoms with Gasteiger partial charge in [0, 0.05) is 31.7 Å². The first-order valence-electron chi connectivity index (χ1n) is 9.37. The lowest BCUT2D eigenvalue weighted by Crippen LogP contribution is -2.50. The summed E-state index contributed by atoms with van der Waals surface area (Å²) in [6.07, 6.45) is 0. The van der Waals surface area contributed by atoms with Gasteiger partial charge >= 0.3 is 0 Å². The predicted octanol–water partition coefficient (Wildman–Crippen LogP) is 2.28. The van der Waals surface area contributed by atoms with E-state index in [-0.39, 0.29) is 23.5 Å². The Morgan fingerprint density at radius 1 is 1.10 bits per heavy atom. The normalized spacial score (nSPS) is 14.2. The van der Waals surface area contributed by atoms with Gasteiger partial charge in [-0.05, 0) is 30.3 Å². The lowest BCUT2D eigenvalue weighted by Gasteiger charge is -2.34. The summed E-state index contributed by atoms with van der Waals surface area (Å²) in [5.41, 5.74) is -0.172. The van der Waals surface area contributed by atoms with E-state index in [4.69, 9.17) is 4.74 Å². The summed E-state index contributed by atoms with van der Waals surface area (Å²) >= 11 is 0. The van der Waals surface area contributed by atoms with Gasteiger partial charge in [0.2, 0.25) is 5.91 Å². The number of nitro groups is 1. The van der Waals surface area contributed by atoms with E-state index in [9.17, 15) is 28.5 Å². The van der Waals surface area contributed by atoms with Gasteiger partial charge in [0.25, 0.3) is 11.6 Å². The summed E-state index contributed by atoms with van der Waals surface area (Å²) in [5, 5.41) is 13.8. The molecule has 1 saturated heterocycles. The second-order valence-corrected chi connectivity index (χ2v) is 6.89. The molecule has 0 spiro atoms. The number of anilines is 1. The van der Waals surface area contributed by atoms with Crippen LogP contribution in [0.1, 0.15) is 10.4 Å². The minimum Gasteiger partial charge on any atom is -0.496 e. The van der Waals surface area contributed by atoms with Crippen LogP contribution in [0.4, 0.5) is 20.2 Å². The Balaban J connectivity index is 1.55. The van der Waals surface area contributed by atoms with Gasteiger partial charge in [-0.15, -0.1) is 0 Å². The van der Waals surface area contributed by atoms with Crippen molar-refractivity contribution in [2.45, 2.75) is 0 Å². The molecule has 0 aromatic heterocycles. The molecule has 0 unspecified atom stereocenters. The van der Waals surface area contributed by atoms with Crippen molar-refractivity contribution in [3.63, 3.8) is 0 Å². The van der Waals surface area contributed by atoms with Gasteiger partial charge in [-0.2, -0.15) is 0 Å². The molecule has 31 heavy (non-hydrogen) atoms. The Morgan fingerprint density at radius 2 is 1.81 bits per heavy atom. The van der Waals surface area contributed by atoms with E-state index in [1.807, 2.05) is 0 Å². The quantitative estimate of drug-likeness (QED) is 0.553. The number of ether oxygens (including phenoxy) is 1. The summed E-state index contributed by atoms with van der Waals surface area (Å²) in [6.45, 7) is 1.35. The van der Waals surface area contributed by atoms with Crippen molar-refractivity contribution in [3.05, 3.63) is 63.7 Å². The number of carbonyl (C=O) groups excluding carboxylic acids is 2. The van der Waals surface area contributed by atoms with Gasteiger partial charge in [-0.25, -0.2) is 8.78 Å². The molecule has 2 amide bonds. The molecule has 11 heteroatoms. The molecule has 2 aromatic carbocycles. The molecule has 1 aliphatic rings. The van der Waals surface area contributed by atoms with E-state index >= 15 is 0 Å². The van der Waals surface area contributed by atoms with E-state index in [1.54, 1.807) is 4.90 Å². The van der Waals surface area contributed by atoms with E-state index in [0.29, 0.717) is 31.9 Å². The third-order valence-corrected chi connectivity index (χ3v) is 4.87. The summed E-state index contributed by atoms with van der Waals surface area (Å²) in [4.78, 5) is 38.7. The fraction of sp³-hybridized carbons (Fsp3) is 0.300. The molecule has 164 valence electrons. The van der Waals surface area contributed by atoms with Gasteiger partial charge < -0.3 is 15.0 Å². The van der Waals surface area contributed by atoms with Gasteiger partial charge in [0.05, 0.1) is 24.6 Å². The number of methoxy groups -OCH3 is 1. The molecule has 9 nitrogen and oxygen atoms in total. The van der Waals surface area contributed by atoms with Crippen molar-refractivity contribution < 1.29 is 28.0 Å². The number of hydrogen-bond donors (Lipinski definition) is 1.